The zero-order valence-electron chi connectivity index (χ0n) is 17.2. The van der Waals surface area contributed by atoms with E-state index in [1.165, 1.54) is 17.5 Å². The van der Waals surface area contributed by atoms with E-state index in [1.54, 1.807) is 16.7 Å². The van der Waals surface area contributed by atoms with Crippen LogP contribution in [0.15, 0.2) is 57.4 Å². The first-order valence-corrected chi connectivity index (χ1v) is 27.1. The molecule has 0 aliphatic heterocycles. The third-order valence-electron chi connectivity index (χ3n) is 5.81. The predicted molar refractivity (Wildman–Crippen MR) is 129 cm³/mol. The maximum Gasteiger partial charge on any atom is -0.147 e. The second-order valence-corrected chi connectivity index (χ2v) is 39.1. The summed E-state index contributed by atoms with van der Waals surface area (Å²) in [5.41, 5.74) is 7.69. The van der Waals surface area contributed by atoms with Crippen LogP contribution in [0.3, 0.4) is 0 Å². The molecule has 149 valence electrons. The average molecular weight is 597 g/mol. The predicted octanol–water partition coefficient (Wildman–Crippen LogP) is 6.99. The third kappa shape index (κ3) is 4.36. The third-order valence-corrected chi connectivity index (χ3v) is 16.4. The maximum absolute atomic E-state index is 2.60. The van der Waals surface area contributed by atoms with Crippen molar-refractivity contribution in [2.45, 2.75) is 41.5 Å². The van der Waals surface area contributed by atoms with E-state index in [0.717, 1.165) is 0 Å². The molecule has 0 nitrogen and oxygen atoms in total. The van der Waals surface area contributed by atoms with Crippen molar-refractivity contribution in [3.63, 3.8) is 0 Å². The Morgan fingerprint density at radius 3 is 1.86 bits per heavy atom. The second kappa shape index (κ2) is 9.16. The van der Waals surface area contributed by atoms with Crippen molar-refractivity contribution in [1.29, 1.82) is 0 Å². The van der Waals surface area contributed by atoms with Crippen LogP contribution in [0.25, 0.3) is 12.2 Å². The molecule has 2 atom stereocenters. The normalized spacial score (nSPS) is 19.9. The molecule has 4 heteroatoms. The van der Waals surface area contributed by atoms with Crippen molar-refractivity contribution in [2.24, 2.45) is 5.92 Å². The fraction of sp³-hybridized carbons (Fsp3) is 0.333. The van der Waals surface area contributed by atoms with Crippen LogP contribution in [0.5, 0.6) is 0 Å². The van der Waals surface area contributed by atoms with Gasteiger partial charge in [0, 0.05) is 0 Å². The van der Waals surface area contributed by atoms with Gasteiger partial charge in [-0.25, -0.2) is 0 Å². The first-order chi connectivity index (χ1) is 12.4. The van der Waals surface area contributed by atoms with Gasteiger partial charge in [0.05, 0.1) is 0 Å². The summed E-state index contributed by atoms with van der Waals surface area (Å²) in [4.78, 5) is 0. The molecule has 2 aromatic rings. The molecule has 0 spiro atoms. The Kier molecular flexibility index (Phi) is 7.81. The molecule has 0 saturated carbocycles. The van der Waals surface area contributed by atoms with Crippen LogP contribution in [0.1, 0.15) is 54.4 Å². The monoisotopic (exact) mass is 597 g/mol. The van der Waals surface area contributed by atoms with Gasteiger partial charge in [-0.15, -0.1) is 24.8 Å². The van der Waals surface area contributed by atoms with Crippen LogP contribution >= 0.6 is 24.8 Å². The molecule has 0 saturated heterocycles. The summed E-state index contributed by atoms with van der Waals surface area (Å²) in [6.07, 6.45) is 6.28. The quantitative estimate of drug-likeness (QED) is 0.334. The summed E-state index contributed by atoms with van der Waals surface area (Å²) in [7, 11) is 0. The molecule has 0 bridgehead atoms. The number of benzene rings is 2. The Bertz CT molecular complexity index is 968. The van der Waals surface area contributed by atoms with E-state index in [-0.39, 0.29) is 24.8 Å². The van der Waals surface area contributed by atoms with Gasteiger partial charge in [-0.1, -0.05) is 0 Å². The molecule has 0 radical (unpaired) electrons. The van der Waals surface area contributed by atoms with E-state index in [0.29, 0.717) is 17.8 Å². The largest absolute Gasteiger partial charge is 0.147 e. The molecular weight excluding hydrogens is 566 g/mol. The van der Waals surface area contributed by atoms with E-state index in [1.807, 2.05) is 3.33 Å². The second-order valence-electron chi connectivity index (χ2n) is 9.01. The van der Waals surface area contributed by atoms with Crippen molar-refractivity contribution in [3.8, 4) is 0 Å². The summed E-state index contributed by atoms with van der Waals surface area (Å²) in [5.74, 6) is 1.80. The molecule has 28 heavy (non-hydrogen) atoms. The van der Waals surface area contributed by atoms with Crippen LogP contribution in [0.4, 0.5) is 0 Å². The topological polar surface area (TPSA) is 0 Å². The minimum atomic E-state index is -2.33. The van der Waals surface area contributed by atoms with E-state index < -0.39 is 18.6 Å². The van der Waals surface area contributed by atoms with Gasteiger partial charge >= 0.3 is 165 Å². The summed E-state index contributed by atoms with van der Waals surface area (Å²) in [5, 5.41) is 0. The zero-order chi connectivity index (χ0) is 18.5. The summed E-state index contributed by atoms with van der Waals surface area (Å²) >= 11 is -2.33. The molecular formula is C24H31Cl2HfSi. The Morgan fingerprint density at radius 2 is 1.32 bits per heavy atom. The summed E-state index contributed by atoms with van der Waals surface area (Å²) in [6, 6.07) is 18.3. The van der Waals surface area contributed by atoms with Gasteiger partial charge in [0.1, 0.15) is 0 Å². The summed E-state index contributed by atoms with van der Waals surface area (Å²) in [6.45, 7) is 7.05. The van der Waals surface area contributed by atoms with E-state index in [2.05, 4.69) is 90.8 Å². The van der Waals surface area contributed by atoms with Crippen molar-refractivity contribution < 1.29 is 18.6 Å². The number of allylic oxidation sites excluding steroid dienone is 2. The Balaban J connectivity index is 0.00000140. The van der Waals surface area contributed by atoms with Gasteiger partial charge in [-0.2, -0.15) is 0 Å². The Labute approximate surface area is 188 Å². The maximum atomic E-state index is 2.60. The van der Waals surface area contributed by atoms with Gasteiger partial charge in [0.2, 0.25) is 0 Å². The molecule has 4 rings (SSSR count). The van der Waals surface area contributed by atoms with Crippen LogP contribution < -0.4 is 0 Å². The molecule has 2 aliphatic carbocycles. The van der Waals surface area contributed by atoms with Gasteiger partial charge in [-0.05, 0) is 0 Å². The SMILES string of the molecule is CC(C)CC1=Cc2ccccc2C1C1[C]([Hf]([CH3])([CH3])=[SiH2])=Cc2ccccc21.Cl.Cl. The average Bonchev–Trinajstić information content (AvgIpc) is 3.11. The van der Waals surface area contributed by atoms with Crippen molar-refractivity contribution in [2.75, 3.05) is 0 Å². The molecule has 0 fully saturated rings. The summed E-state index contributed by atoms with van der Waals surface area (Å²) < 4.78 is 7.01. The minimum absolute atomic E-state index is 0. The molecule has 2 aliphatic rings. The molecule has 0 aromatic heterocycles. The minimum Gasteiger partial charge on any atom is -0.147 e. The van der Waals surface area contributed by atoms with Crippen molar-refractivity contribution >= 4 is 43.9 Å². The van der Waals surface area contributed by atoms with Crippen LogP contribution in [-0.4, -0.2) is 6.94 Å². The number of hydrogen-bond donors (Lipinski definition) is 0. The Hall–Kier alpha value is -0.413. The number of hydrogen-bond acceptors (Lipinski definition) is 0. The Morgan fingerprint density at radius 1 is 0.821 bits per heavy atom. The van der Waals surface area contributed by atoms with Gasteiger partial charge in [-0.3, -0.25) is 0 Å². The molecule has 0 amide bonds. The standard InChI is InChI=1S/C22H21.2CH3.2ClH.Hf.H2Si/c1-15(2)13-18-14-17-8-4-6-10-20(17)22(18)21-12-11-16-7-3-5-9-19(16)21;;;;;;/h3-11,14-15,21-22H,13H2,1-2H3;2*1H3;2*1H;;1H2. The fourth-order valence-corrected chi connectivity index (χ4v) is 13.6. The van der Waals surface area contributed by atoms with E-state index in [9.17, 15) is 0 Å². The van der Waals surface area contributed by atoms with Crippen molar-refractivity contribution in [3.05, 3.63) is 79.7 Å². The molecule has 2 unspecified atom stereocenters. The zero-order valence-corrected chi connectivity index (χ0v) is 23.9. The van der Waals surface area contributed by atoms with E-state index >= 15 is 0 Å². The van der Waals surface area contributed by atoms with Gasteiger partial charge in [0.15, 0.2) is 0 Å². The van der Waals surface area contributed by atoms with Crippen molar-refractivity contribution in [1.82, 2.24) is 0 Å². The van der Waals surface area contributed by atoms with Crippen LogP contribution in [-0.2, 0) is 18.6 Å². The fourth-order valence-electron chi connectivity index (χ4n) is 4.79. The first-order valence-electron chi connectivity index (χ1n) is 9.82. The molecule has 0 N–H and O–H groups in total. The smallest absolute Gasteiger partial charge is 0.147 e. The molecule has 0 heterocycles. The molecule has 2 aromatic carbocycles. The van der Waals surface area contributed by atoms with Crippen LogP contribution in [0, 0.1) is 5.92 Å². The number of fused-ring (bicyclic) bond motifs is 2. The van der Waals surface area contributed by atoms with Crippen LogP contribution in [0.2, 0.25) is 9.36 Å². The van der Waals surface area contributed by atoms with Gasteiger partial charge < -0.3 is 0 Å². The van der Waals surface area contributed by atoms with Gasteiger partial charge in [0.25, 0.3) is 0 Å². The first kappa shape index (κ1) is 23.9. The number of rotatable bonds is 4. The number of halogens is 2. The van der Waals surface area contributed by atoms with E-state index in [4.69, 9.17) is 0 Å².